The van der Waals surface area contributed by atoms with E-state index < -0.39 is 5.60 Å². The van der Waals surface area contributed by atoms with Gasteiger partial charge in [-0.3, -0.25) is 0 Å². The van der Waals surface area contributed by atoms with E-state index in [4.69, 9.17) is 5.73 Å². The number of hydrogen-bond acceptors (Lipinski definition) is 6. The van der Waals surface area contributed by atoms with Gasteiger partial charge in [0.05, 0.1) is 5.60 Å². The minimum atomic E-state index is -0.687. The van der Waals surface area contributed by atoms with Crippen LogP contribution in [0.4, 0.5) is 11.8 Å². The van der Waals surface area contributed by atoms with Crippen LogP contribution in [0.5, 0.6) is 0 Å². The van der Waals surface area contributed by atoms with Crippen LogP contribution >= 0.6 is 0 Å². The lowest BCUT2D eigenvalue weighted by molar-refractivity contribution is 0.00350. The number of nitrogens with two attached hydrogens (primary N) is 1. The molecule has 1 aromatic rings. The number of nitrogen functional groups attached to an aromatic ring is 1. The van der Waals surface area contributed by atoms with Crippen molar-refractivity contribution in [2.24, 2.45) is 0 Å². The standard InChI is InChI=1S/C13H23N5O/c1-10-7-15-12(14)16-11(10)18-6-4-5-13(19,9-18)8-17(2)3/h7,19H,4-6,8-9H2,1-3H3,(H2,14,15,16)/t13-/m1/s1. The molecular weight excluding hydrogens is 242 g/mol. The number of piperidine rings is 1. The summed E-state index contributed by atoms with van der Waals surface area (Å²) in [5.41, 5.74) is 5.97. The first-order valence-corrected chi connectivity index (χ1v) is 6.61. The maximum Gasteiger partial charge on any atom is 0.221 e. The molecule has 2 heterocycles. The molecule has 0 unspecified atom stereocenters. The van der Waals surface area contributed by atoms with Crippen molar-refractivity contribution in [3.05, 3.63) is 11.8 Å². The molecule has 19 heavy (non-hydrogen) atoms. The van der Waals surface area contributed by atoms with Crippen molar-refractivity contribution in [1.29, 1.82) is 0 Å². The highest BCUT2D eigenvalue weighted by atomic mass is 16.3. The van der Waals surface area contributed by atoms with E-state index in [0.29, 0.717) is 13.1 Å². The summed E-state index contributed by atoms with van der Waals surface area (Å²) >= 11 is 0. The number of rotatable bonds is 3. The lowest BCUT2D eigenvalue weighted by Crippen LogP contribution is -2.53. The third-order valence-electron chi connectivity index (χ3n) is 3.43. The van der Waals surface area contributed by atoms with Gasteiger partial charge in [-0.1, -0.05) is 0 Å². The van der Waals surface area contributed by atoms with Gasteiger partial charge in [0.25, 0.3) is 0 Å². The molecule has 0 spiro atoms. The molecule has 1 aliphatic heterocycles. The number of aromatic nitrogens is 2. The fraction of sp³-hybridized carbons (Fsp3) is 0.692. The zero-order valence-electron chi connectivity index (χ0n) is 11.9. The Morgan fingerprint density at radius 3 is 2.95 bits per heavy atom. The lowest BCUT2D eigenvalue weighted by Gasteiger charge is -2.41. The van der Waals surface area contributed by atoms with E-state index in [2.05, 4.69) is 14.9 Å². The fourth-order valence-corrected chi connectivity index (χ4v) is 2.78. The maximum atomic E-state index is 10.7. The summed E-state index contributed by atoms with van der Waals surface area (Å²) in [5.74, 6) is 1.12. The van der Waals surface area contributed by atoms with Crippen molar-refractivity contribution < 1.29 is 5.11 Å². The largest absolute Gasteiger partial charge is 0.387 e. The zero-order valence-corrected chi connectivity index (χ0v) is 11.9. The van der Waals surface area contributed by atoms with Gasteiger partial charge in [-0.2, -0.15) is 4.98 Å². The second kappa shape index (κ2) is 5.30. The minimum absolute atomic E-state index is 0.280. The van der Waals surface area contributed by atoms with Gasteiger partial charge < -0.3 is 20.6 Å². The van der Waals surface area contributed by atoms with Gasteiger partial charge in [-0.25, -0.2) is 4.98 Å². The van der Waals surface area contributed by atoms with Crippen LogP contribution in [0.15, 0.2) is 6.20 Å². The number of β-amino-alcohol motifs (C(OH)–C–C–N with tert-alkyl or cyclic N) is 1. The molecule has 1 fully saturated rings. The molecule has 0 amide bonds. The van der Waals surface area contributed by atoms with E-state index in [1.165, 1.54) is 0 Å². The van der Waals surface area contributed by atoms with E-state index in [-0.39, 0.29) is 5.95 Å². The quantitative estimate of drug-likeness (QED) is 0.816. The summed E-state index contributed by atoms with van der Waals surface area (Å²) in [7, 11) is 3.95. The molecule has 0 saturated carbocycles. The van der Waals surface area contributed by atoms with Gasteiger partial charge in [-0.05, 0) is 33.9 Å². The summed E-state index contributed by atoms with van der Waals surface area (Å²) in [6, 6.07) is 0. The molecule has 6 nitrogen and oxygen atoms in total. The van der Waals surface area contributed by atoms with Crippen LogP contribution in [0, 0.1) is 6.92 Å². The Bertz CT molecular complexity index is 451. The minimum Gasteiger partial charge on any atom is -0.387 e. The SMILES string of the molecule is Cc1cnc(N)nc1N1CCC[C@@](O)(CN(C)C)C1. The van der Waals surface area contributed by atoms with Crippen LogP contribution in [0.3, 0.4) is 0 Å². The summed E-state index contributed by atoms with van der Waals surface area (Å²) < 4.78 is 0. The van der Waals surface area contributed by atoms with Gasteiger partial charge in [-0.15, -0.1) is 0 Å². The van der Waals surface area contributed by atoms with E-state index >= 15 is 0 Å². The molecule has 0 aliphatic carbocycles. The fourth-order valence-electron chi connectivity index (χ4n) is 2.78. The molecule has 106 valence electrons. The Hall–Kier alpha value is -1.40. The highest BCUT2D eigenvalue weighted by molar-refractivity contribution is 5.48. The molecular formula is C13H23N5O. The predicted molar refractivity (Wildman–Crippen MR) is 76.1 cm³/mol. The second-order valence-electron chi connectivity index (χ2n) is 5.72. The van der Waals surface area contributed by atoms with Gasteiger partial charge in [0, 0.05) is 31.4 Å². The van der Waals surface area contributed by atoms with Crippen LogP contribution in [0.1, 0.15) is 18.4 Å². The molecule has 0 radical (unpaired) electrons. The van der Waals surface area contributed by atoms with Crippen LogP contribution in [0.2, 0.25) is 0 Å². The molecule has 1 aromatic heterocycles. The predicted octanol–water partition coefficient (Wildman–Crippen LogP) is 0.260. The van der Waals surface area contributed by atoms with E-state index in [1.807, 2.05) is 25.9 Å². The Morgan fingerprint density at radius 2 is 2.26 bits per heavy atom. The monoisotopic (exact) mass is 265 g/mol. The molecule has 0 bridgehead atoms. The van der Waals surface area contributed by atoms with Gasteiger partial charge in [0.1, 0.15) is 5.82 Å². The smallest absolute Gasteiger partial charge is 0.221 e. The number of aryl methyl sites for hydroxylation is 1. The molecule has 2 rings (SSSR count). The third-order valence-corrected chi connectivity index (χ3v) is 3.43. The number of likely N-dealkylation sites (N-methyl/N-ethyl adjacent to an activating group) is 1. The Morgan fingerprint density at radius 1 is 1.53 bits per heavy atom. The molecule has 1 aliphatic rings. The first kappa shape index (κ1) is 14.0. The highest BCUT2D eigenvalue weighted by Gasteiger charge is 2.34. The number of anilines is 2. The average Bonchev–Trinajstić information content (AvgIpc) is 2.30. The summed E-state index contributed by atoms with van der Waals surface area (Å²) in [6.45, 7) is 4.10. The van der Waals surface area contributed by atoms with Crippen molar-refractivity contribution >= 4 is 11.8 Å². The molecule has 0 aromatic carbocycles. The number of nitrogens with zero attached hydrogens (tertiary/aromatic N) is 4. The van der Waals surface area contributed by atoms with Gasteiger partial charge >= 0.3 is 0 Å². The Balaban J connectivity index is 2.19. The van der Waals surface area contributed by atoms with E-state index in [1.54, 1.807) is 6.20 Å². The van der Waals surface area contributed by atoms with E-state index in [9.17, 15) is 5.11 Å². The number of hydrogen-bond donors (Lipinski definition) is 2. The van der Waals surface area contributed by atoms with Crippen molar-refractivity contribution in [2.75, 3.05) is 44.4 Å². The molecule has 1 saturated heterocycles. The van der Waals surface area contributed by atoms with Crippen LogP contribution < -0.4 is 10.6 Å². The lowest BCUT2D eigenvalue weighted by atomic mass is 9.92. The van der Waals surface area contributed by atoms with Crippen molar-refractivity contribution in [2.45, 2.75) is 25.4 Å². The summed E-state index contributed by atoms with van der Waals surface area (Å²) in [4.78, 5) is 12.4. The maximum absolute atomic E-state index is 10.7. The van der Waals surface area contributed by atoms with Gasteiger partial charge in [0.2, 0.25) is 5.95 Å². The van der Waals surface area contributed by atoms with Crippen molar-refractivity contribution in [1.82, 2.24) is 14.9 Å². The van der Waals surface area contributed by atoms with Crippen molar-refractivity contribution in [3.8, 4) is 0 Å². The Labute approximate surface area is 114 Å². The second-order valence-corrected chi connectivity index (χ2v) is 5.72. The van der Waals surface area contributed by atoms with Crippen LogP contribution in [-0.4, -0.2) is 59.3 Å². The van der Waals surface area contributed by atoms with Crippen molar-refractivity contribution in [3.63, 3.8) is 0 Å². The molecule has 3 N–H and O–H groups in total. The van der Waals surface area contributed by atoms with E-state index in [0.717, 1.165) is 30.8 Å². The number of aliphatic hydroxyl groups is 1. The zero-order chi connectivity index (χ0) is 14.0. The molecule has 6 heteroatoms. The van der Waals surface area contributed by atoms with Gasteiger partial charge in [0.15, 0.2) is 0 Å². The normalized spacial score (nSPS) is 23.9. The molecule has 1 atom stereocenters. The van der Waals surface area contributed by atoms with Crippen LogP contribution in [0.25, 0.3) is 0 Å². The topological polar surface area (TPSA) is 78.5 Å². The van der Waals surface area contributed by atoms with Crippen LogP contribution in [-0.2, 0) is 0 Å². The first-order chi connectivity index (χ1) is 8.89. The summed E-state index contributed by atoms with van der Waals surface area (Å²) in [5, 5.41) is 10.7. The third kappa shape index (κ3) is 3.33. The summed E-state index contributed by atoms with van der Waals surface area (Å²) in [6.07, 6.45) is 3.51. The average molecular weight is 265 g/mol. The first-order valence-electron chi connectivity index (χ1n) is 6.61. The highest BCUT2D eigenvalue weighted by Crippen LogP contribution is 2.27. The Kier molecular flexibility index (Phi) is 3.91.